The molecule has 180 valence electrons. The molecule has 1 aromatic rings. The lowest BCUT2D eigenvalue weighted by molar-refractivity contribution is -0.137. The minimum atomic E-state index is -0.906. The monoisotopic (exact) mass is 472 g/mol. The number of fused-ring (bicyclic) bond motifs is 1. The van der Waals surface area contributed by atoms with E-state index in [-0.39, 0.29) is 30.2 Å². The summed E-state index contributed by atoms with van der Waals surface area (Å²) in [4.78, 5) is 25.7. The molecule has 1 aliphatic heterocycles. The largest absolute Gasteiger partial charge is 0.481 e. The molecule has 33 heavy (non-hydrogen) atoms. The zero-order valence-electron chi connectivity index (χ0n) is 20.5. The Labute approximate surface area is 202 Å². The van der Waals surface area contributed by atoms with E-state index in [1.165, 1.54) is 4.90 Å². The first kappa shape index (κ1) is 25.4. The van der Waals surface area contributed by atoms with Crippen LogP contribution in [-0.4, -0.2) is 22.0 Å². The number of urea groups is 1. The van der Waals surface area contributed by atoms with Crippen LogP contribution in [0.3, 0.4) is 0 Å². The Hall–Kier alpha value is -2.27. The van der Waals surface area contributed by atoms with Crippen LogP contribution in [-0.2, 0) is 16.8 Å². The highest BCUT2D eigenvalue weighted by atomic mass is 35.5. The van der Waals surface area contributed by atoms with E-state index in [0.29, 0.717) is 11.6 Å². The van der Waals surface area contributed by atoms with Crippen molar-refractivity contribution in [1.82, 2.24) is 10.2 Å². The Balaban J connectivity index is 1.98. The third-order valence-electron chi connectivity index (χ3n) is 7.28. The summed E-state index contributed by atoms with van der Waals surface area (Å²) < 4.78 is 0. The average molecular weight is 473 g/mol. The lowest BCUT2D eigenvalue weighted by Crippen LogP contribution is -2.58. The molecule has 2 N–H and O–H groups in total. The second-order valence-corrected chi connectivity index (χ2v) is 11.3. The zero-order valence-corrected chi connectivity index (χ0v) is 21.3. The molecule has 6 heteroatoms. The standard InChI is InChI=1S/C27H37ClN2O3/c1-17-11-14-27(21-9-8-20(23(28)15-21)12-13-26(4,5)6)22(19(17)3)16-30(25(33)29-27)18(2)7-10-24(31)32/h8-9,15-17,19H,2,7,10-14H2,1,3-6H3,(H,29,33)(H,31,32)/t17-,19-,27?/m1/s1. The van der Waals surface area contributed by atoms with Crippen LogP contribution < -0.4 is 5.32 Å². The van der Waals surface area contributed by atoms with E-state index in [4.69, 9.17) is 16.7 Å². The number of nitrogens with one attached hydrogen (secondary N) is 1. The third kappa shape index (κ3) is 5.46. The normalized spacial score (nSPS) is 25.2. The first-order valence-electron chi connectivity index (χ1n) is 11.9. The molecule has 5 nitrogen and oxygen atoms in total. The average Bonchev–Trinajstić information content (AvgIpc) is 2.73. The maximum absolute atomic E-state index is 13.2. The van der Waals surface area contributed by atoms with E-state index in [1.807, 2.05) is 12.3 Å². The van der Waals surface area contributed by atoms with Gasteiger partial charge in [0.25, 0.3) is 0 Å². The van der Waals surface area contributed by atoms with Crippen molar-refractivity contribution in [2.45, 2.75) is 78.7 Å². The topological polar surface area (TPSA) is 69.6 Å². The van der Waals surface area contributed by atoms with Gasteiger partial charge in [-0.05, 0) is 72.1 Å². The van der Waals surface area contributed by atoms with E-state index in [1.54, 1.807) is 0 Å². The molecule has 1 unspecified atom stereocenters. The second kappa shape index (κ2) is 9.54. The molecule has 0 aromatic heterocycles. The number of carbonyl (C=O) groups excluding carboxylic acids is 1. The molecule has 2 aliphatic rings. The van der Waals surface area contributed by atoms with Gasteiger partial charge in [-0.25, -0.2) is 4.79 Å². The number of rotatable bonds is 7. The fourth-order valence-electron chi connectivity index (χ4n) is 4.85. The van der Waals surface area contributed by atoms with E-state index in [0.717, 1.165) is 47.4 Å². The van der Waals surface area contributed by atoms with Gasteiger partial charge in [-0.2, -0.15) is 0 Å². The summed E-state index contributed by atoms with van der Waals surface area (Å²) in [5.41, 5.74) is 3.35. The molecular formula is C27H37ClN2O3. The lowest BCUT2D eigenvalue weighted by Gasteiger charge is -2.50. The van der Waals surface area contributed by atoms with Crippen LogP contribution in [0, 0.1) is 17.3 Å². The quantitative estimate of drug-likeness (QED) is 0.455. The Morgan fingerprint density at radius 1 is 1.30 bits per heavy atom. The number of amides is 2. The van der Waals surface area contributed by atoms with Crippen LogP contribution in [0.2, 0.25) is 5.02 Å². The maximum Gasteiger partial charge on any atom is 0.326 e. The van der Waals surface area contributed by atoms with Crippen LogP contribution in [0.5, 0.6) is 0 Å². The lowest BCUT2D eigenvalue weighted by atomic mass is 9.64. The molecule has 0 saturated heterocycles. The van der Waals surface area contributed by atoms with Crippen molar-refractivity contribution in [3.8, 4) is 0 Å². The number of carboxylic acid groups (broad SMARTS) is 1. The summed E-state index contributed by atoms with van der Waals surface area (Å²) in [5, 5.41) is 13.0. The minimum absolute atomic E-state index is 0.0610. The first-order chi connectivity index (χ1) is 15.3. The van der Waals surface area contributed by atoms with Crippen molar-refractivity contribution in [1.29, 1.82) is 0 Å². The second-order valence-electron chi connectivity index (χ2n) is 10.9. The Morgan fingerprint density at radius 3 is 2.61 bits per heavy atom. The summed E-state index contributed by atoms with van der Waals surface area (Å²) in [6.07, 6.45) is 5.79. The molecule has 3 atom stereocenters. The van der Waals surface area contributed by atoms with Gasteiger partial charge in [0.1, 0.15) is 0 Å². The number of carbonyl (C=O) groups is 2. The highest BCUT2D eigenvalue weighted by molar-refractivity contribution is 6.31. The van der Waals surface area contributed by atoms with E-state index < -0.39 is 11.5 Å². The Morgan fingerprint density at radius 2 is 2.00 bits per heavy atom. The van der Waals surface area contributed by atoms with Gasteiger partial charge >= 0.3 is 12.0 Å². The maximum atomic E-state index is 13.2. The molecule has 0 bridgehead atoms. The zero-order chi connectivity index (χ0) is 24.6. The predicted octanol–water partition coefficient (Wildman–Crippen LogP) is 6.87. The fraction of sp³-hybridized carbons (Fsp3) is 0.556. The van der Waals surface area contributed by atoms with Crippen LogP contribution >= 0.6 is 11.6 Å². The highest BCUT2D eigenvalue weighted by Crippen LogP contribution is 2.49. The molecule has 1 aliphatic carbocycles. The van der Waals surface area contributed by atoms with E-state index in [9.17, 15) is 9.59 Å². The molecule has 2 amide bonds. The molecule has 3 rings (SSSR count). The predicted molar refractivity (Wildman–Crippen MR) is 133 cm³/mol. The summed E-state index contributed by atoms with van der Waals surface area (Å²) in [7, 11) is 0. The molecular weight excluding hydrogens is 436 g/mol. The highest BCUT2D eigenvalue weighted by Gasteiger charge is 2.48. The van der Waals surface area contributed by atoms with Gasteiger partial charge in [0, 0.05) is 16.9 Å². The fourth-order valence-corrected chi connectivity index (χ4v) is 5.13. The third-order valence-corrected chi connectivity index (χ3v) is 7.63. The number of hydrogen-bond donors (Lipinski definition) is 2. The SMILES string of the molecule is C=C(CCC(=O)O)N1C=C2[C@H](C)[C@H](C)CCC2(c2ccc(CCC(C)(C)C)c(Cl)c2)NC1=O. The summed E-state index contributed by atoms with van der Waals surface area (Å²) in [5.74, 6) is -0.195. The molecule has 1 saturated carbocycles. The number of nitrogens with zero attached hydrogens (tertiary/aromatic N) is 1. The van der Waals surface area contributed by atoms with Gasteiger partial charge in [-0.15, -0.1) is 0 Å². The van der Waals surface area contributed by atoms with Gasteiger partial charge in [0.05, 0.1) is 12.0 Å². The molecule has 0 radical (unpaired) electrons. The molecule has 1 heterocycles. The number of aryl methyl sites for hydroxylation is 1. The Bertz CT molecular complexity index is 978. The van der Waals surface area contributed by atoms with Gasteiger partial charge < -0.3 is 10.4 Å². The Kier molecular flexibility index (Phi) is 7.33. The van der Waals surface area contributed by atoms with Crippen molar-refractivity contribution in [3.05, 3.63) is 58.4 Å². The number of aliphatic carboxylic acids is 1. The summed E-state index contributed by atoms with van der Waals surface area (Å²) in [6.45, 7) is 15.1. The molecule has 1 aromatic carbocycles. The van der Waals surface area contributed by atoms with Crippen LogP contribution in [0.1, 0.15) is 77.8 Å². The number of hydrogen-bond acceptors (Lipinski definition) is 2. The van der Waals surface area contributed by atoms with Gasteiger partial charge in [-0.3, -0.25) is 9.69 Å². The number of halogens is 1. The van der Waals surface area contributed by atoms with Gasteiger partial charge in [0.15, 0.2) is 0 Å². The van der Waals surface area contributed by atoms with Crippen molar-refractivity contribution in [2.24, 2.45) is 17.3 Å². The molecule has 0 spiro atoms. The van der Waals surface area contributed by atoms with Crippen LogP contribution in [0.25, 0.3) is 0 Å². The van der Waals surface area contributed by atoms with E-state index >= 15 is 0 Å². The summed E-state index contributed by atoms with van der Waals surface area (Å²) in [6, 6.07) is 5.95. The van der Waals surface area contributed by atoms with Crippen molar-refractivity contribution in [2.75, 3.05) is 0 Å². The number of benzene rings is 1. The first-order valence-corrected chi connectivity index (χ1v) is 12.2. The van der Waals surface area contributed by atoms with Crippen molar-refractivity contribution >= 4 is 23.6 Å². The number of carboxylic acids is 1. The van der Waals surface area contributed by atoms with Crippen molar-refractivity contribution < 1.29 is 14.7 Å². The number of allylic oxidation sites excluding steroid dienone is 1. The summed E-state index contributed by atoms with van der Waals surface area (Å²) >= 11 is 6.74. The van der Waals surface area contributed by atoms with Gasteiger partial charge in [0.2, 0.25) is 0 Å². The van der Waals surface area contributed by atoms with Crippen LogP contribution in [0.15, 0.2) is 42.2 Å². The smallest absolute Gasteiger partial charge is 0.326 e. The van der Waals surface area contributed by atoms with Gasteiger partial charge in [-0.1, -0.05) is 64.9 Å². The van der Waals surface area contributed by atoms with E-state index in [2.05, 4.69) is 58.6 Å². The minimum Gasteiger partial charge on any atom is -0.481 e. The molecule has 1 fully saturated rings. The van der Waals surface area contributed by atoms with Crippen molar-refractivity contribution in [3.63, 3.8) is 0 Å². The van der Waals surface area contributed by atoms with Crippen LogP contribution in [0.4, 0.5) is 4.79 Å².